The molecule has 8 nitrogen and oxygen atoms in total. The number of nitrogens with two attached hydrogens (primary N) is 1. The topological polar surface area (TPSA) is 118 Å². The van der Waals surface area contributed by atoms with Crippen molar-refractivity contribution < 1.29 is 4.79 Å². The second kappa shape index (κ2) is 7.26. The number of aryl methyl sites for hydroxylation is 1. The number of rotatable bonds is 5. The summed E-state index contributed by atoms with van der Waals surface area (Å²) < 4.78 is 0. The monoisotopic (exact) mass is 335 g/mol. The molecule has 0 aliphatic carbocycles. The summed E-state index contributed by atoms with van der Waals surface area (Å²) >= 11 is 0. The van der Waals surface area contributed by atoms with Crippen LogP contribution >= 0.6 is 0 Å². The van der Waals surface area contributed by atoms with Crippen molar-refractivity contribution in [3.8, 4) is 0 Å². The van der Waals surface area contributed by atoms with Crippen LogP contribution in [0.2, 0.25) is 0 Å². The van der Waals surface area contributed by atoms with Gasteiger partial charge >= 0.3 is 0 Å². The molecule has 8 heteroatoms. The van der Waals surface area contributed by atoms with Gasteiger partial charge in [0.25, 0.3) is 5.91 Å². The lowest BCUT2D eigenvalue weighted by molar-refractivity contribution is 0.0957. The van der Waals surface area contributed by atoms with Crippen molar-refractivity contribution in [1.29, 1.82) is 0 Å². The molecule has 0 unspecified atom stereocenters. The lowest BCUT2D eigenvalue weighted by Gasteiger charge is -2.13. The Kier molecular flexibility index (Phi) is 4.70. The Morgan fingerprint density at radius 2 is 1.88 bits per heavy atom. The fourth-order valence-corrected chi connectivity index (χ4v) is 2.13. The van der Waals surface area contributed by atoms with Gasteiger partial charge in [0.15, 0.2) is 11.6 Å². The Morgan fingerprint density at radius 1 is 1.04 bits per heavy atom. The van der Waals surface area contributed by atoms with Gasteiger partial charge in [-0.3, -0.25) is 20.6 Å². The summed E-state index contributed by atoms with van der Waals surface area (Å²) in [5, 5.41) is 3.13. The van der Waals surface area contributed by atoms with Crippen LogP contribution in [-0.2, 0) is 0 Å². The largest absolute Gasteiger partial charge is 0.393 e. The minimum absolute atomic E-state index is 0.278. The van der Waals surface area contributed by atoms with Crippen LogP contribution in [0.3, 0.4) is 0 Å². The predicted octanol–water partition coefficient (Wildman–Crippen LogP) is 2.26. The Balaban J connectivity index is 1.72. The molecule has 0 fully saturated rings. The third-order valence-corrected chi connectivity index (χ3v) is 3.36. The highest BCUT2D eigenvalue weighted by Gasteiger charge is 2.11. The molecule has 3 rings (SSSR count). The number of aromatic nitrogens is 3. The van der Waals surface area contributed by atoms with Gasteiger partial charge in [0, 0.05) is 11.9 Å². The van der Waals surface area contributed by atoms with Crippen LogP contribution in [-0.4, -0.2) is 20.9 Å². The lowest BCUT2D eigenvalue weighted by atomic mass is 10.2. The minimum Gasteiger partial charge on any atom is -0.393 e. The van der Waals surface area contributed by atoms with E-state index < -0.39 is 5.91 Å². The molecule has 1 amide bonds. The maximum atomic E-state index is 12.0. The van der Waals surface area contributed by atoms with Crippen LogP contribution in [0, 0.1) is 6.92 Å². The molecule has 0 aliphatic heterocycles. The second-order valence-electron chi connectivity index (χ2n) is 5.27. The van der Waals surface area contributed by atoms with Crippen LogP contribution in [0.5, 0.6) is 0 Å². The average molecular weight is 335 g/mol. The van der Waals surface area contributed by atoms with Gasteiger partial charge in [0.1, 0.15) is 17.7 Å². The van der Waals surface area contributed by atoms with E-state index >= 15 is 0 Å². The van der Waals surface area contributed by atoms with Crippen molar-refractivity contribution in [3.63, 3.8) is 0 Å². The van der Waals surface area contributed by atoms with Crippen LogP contribution in [0.25, 0.3) is 0 Å². The Hall–Kier alpha value is -3.68. The minimum atomic E-state index is -0.396. The van der Waals surface area contributed by atoms with Crippen molar-refractivity contribution in [2.45, 2.75) is 6.92 Å². The van der Waals surface area contributed by atoms with E-state index in [2.05, 4.69) is 31.1 Å². The van der Waals surface area contributed by atoms with Crippen molar-refractivity contribution >= 4 is 28.9 Å². The number of pyridine rings is 1. The number of carbonyl (C=O) groups is 1. The van der Waals surface area contributed by atoms with Gasteiger partial charge in [-0.1, -0.05) is 18.2 Å². The van der Waals surface area contributed by atoms with E-state index in [1.807, 2.05) is 31.2 Å². The predicted molar refractivity (Wildman–Crippen MR) is 96.2 cm³/mol. The molecule has 2 heterocycles. The highest BCUT2D eigenvalue weighted by atomic mass is 16.2. The zero-order valence-electron chi connectivity index (χ0n) is 13.5. The van der Waals surface area contributed by atoms with Crippen molar-refractivity contribution in [2.24, 2.45) is 0 Å². The van der Waals surface area contributed by atoms with E-state index in [0.717, 1.165) is 11.3 Å². The Bertz CT molecular complexity index is 883. The number of nitrogens with one attached hydrogen (secondary N) is 3. The first-order chi connectivity index (χ1) is 12.1. The van der Waals surface area contributed by atoms with Gasteiger partial charge in [-0.05, 0) is 36.8 Å². The van der Waals surface area contributed by atoms with Crippen LogP contribution in [0.15, 0.2) is 55.0 Å². The first-order valence-electron chi connectivity index (χ1n) is 7.55. The van der Waals surface area contributed by atoms with E-state index in [-0.39, 0.29) is 17.2 Å². The summed E-state index contributed by atoms with van der Waals surface area (Å²) in [6.45, 7) is 1.99. The first-order valence-corrected chi connectivity index (χ1v) is 7.55. The normalized spacial score (nSPS) is 10.1. The number of nitrogens with zero attached hydrogens (tertiary/aromatic N) is 3. The number of hydrogen-bond donors (Lipinski definition) is 4. The lowest BCUT2D eigenvalue weighted by Crippen LogP contribution is -2.31. The van der Waals surface area contributed by atoms with E-state index in [1.54, 1.807) is 18.2 Å². The molecule has 2 aromatic heterocycles. The summed E-state index contributed by atoms with van der Waals surface area (Å²) in [5.41, 5.74) is 13.8. The molecule has 126 valence electrons. The molecule has 0 atom stereocenters. The highest BCUT2D eigenvalue weighted by Crippen LogP contribution is 2.25. The number of amides is 1. The molecule has 5 N–H and O–H groups in total. The quantitative estimate of drug-likeness (QED) is 0.528. The van der Waals surface area contributed by atoms with Crippen LogP contribution in [0.4, 0.5) is 23.0 Å². The summed E-state index contributed by atoms with van der Waals surface area (Å²) in [6, 6.07) is 12.9. The number of anilines is 4. The molecule has 1 aromatic carbocycles. The zero-order chi connectivity index (χ0) is 17.6. The number of carbonyl (C=O) groups excluding carboxylic acids is 1. The summed E-state index contributed by atoms with van der Waals surface area (Å²) in [6.07, 6.45) is 2.89. The molecular weight excluding hydrogens is 318 g/mol. The SMILES string of the molecule is Cc1cccc(Nc2ncnc(NNC(=O)c3ccccn3)c2N)c1. The maximum Gasteiger partial charge on any atom is 0.288 e. The average Bonchev–Trinajstić information content (AvgIpc) is 2.63. The van der Waals surface area contributed by atoms with E-state index in [4.69, 9.17) is 5.73 Å². The second-order valence-corrected chi connectivity index (χ2v) is 5.27. The van der Waals surface area contributed by atoms with Gasteiger partial charge in [0.2, 0.25) is 0 Å². The van der Waals surface area contributed by atoms with Crippen LogP contribution < -0.4 is 21.9 Å². The third kappa shape index (κ3) is 3.99. The molecule has 3 aromatic rings. The number of nitrogen functional groups attached to an aromatic ring is 1. The number of hydrazine groups is 1. The fraction of sp³-hybridized carbons (Fsp3) is 0.0588. The molecule has 0 bridgehead atoms. The van der Waals surface area contributed by atoms with Gasteiger partial charge in [-0.25, -0.2) is 9.97 Å². The smallest absolute Gasteiger partial charge is 0.288 e. The summed E-state index contributed by atoms with van der Waals surface area (Å²) in [7, 11) is 0. The molecule has 0 radical (unpaired) electrons. The van der Waals surface area contributed by atoms with Crippen molar-refractivity contribution in [1.82, 2.24) is 20.4 Å². The molecule has 0 aliphatic rings. The number of benzene rings is 1. The fourth-order valence-electron chi connectivity index (χ4n) is 2.13. The van der Waals surface area contributed by atoms with Crippen molar-refractivity contribution in [2.75, 3.05) is 16.5 Å². The van der Waals surface area contributed by atoms with Gasteiger partial charge < -0.3 is 11.1 Å². The van der Waals surface area contributed by atoms with Crippen molar-refractivity contribution in [3.05, 3.63) is 66.2 Å². The summed E-state index contributed by atoms with van der Waals surface area (Å²) in [5.74, 6) is 0.330. The molecule has 0 saturated carbocycles. The molecule has 25 heavy (non-hydrogen) atoms. The van der Waals surface area contributed by atoms with Crippen LogP contribution in [0.1, 0.15) is 16.1 Å². The van der Waals surface area contributed by atoms with E-state index in [0.29, 0.717) is 5.82 Å². The zero-order valence-corrected chi connectivity index (χ0v) is 13.5. The number of hydrogen-bond acceptors (Lipinski definition) is 7. The molecule has 0 spiro atoms. The standard InChI is InChI=1S/C17H17N7O/c1-11-5-4-6-12(9-11)22-15-14(18)16(21-10-20-15)23-24-17(25)13-7-2-3-8-19-13/h2-10H,18H2,1H3,(H,24,25)(H2,20,21,22,23). The van der Waals surface area contributed by atoms with Gasteiger partial charge in [-0.2, -0.15) is 0 Å². The highest BCUT2D eigenvalue weighted by molar-refractivity contribution is 5.93. The van der Waals surface area contributed by atoms with Gasteiger partial charge in [0.05, 0.1) is 0 Å². The molecule has 0 saturated heterocycles. The molecular formula is C17H17N7O. The van der Waals surface area contributed by atoms with E-state index in [9.17, 15) is 4.79 Å². The third-order valence-electron chi connectivity index (χ3n) is 3.36. The first kappa shape index (κ1) is 16.2. The summed E-state index contributed by atoms with van der Waals surface area (Å²) in [4.78, 5) is 24.2. The maximum absolute atomic E-state index is 12.0. The Labute approximate surface area is 144 Å². The van der Waals surface area contributed by atoms with Gasteiger partial charge in [-0.15, -0.1) is 0 Å². The van der Waals surface area contributed by atoms with E-state index in [1.165, 1.54) is 12.5 Å². The Morgan fingerprint density at radius 3 is 2.64 bits per heavy atom.